The molecule has 3 atom stereocenters. The maximum Gasteiger partial charge on any atom is 0.255 e. The van der Waals surface area contributed by atoms with Gasteiger partial charge >= 0.3 is 0 Å². The minimum absolute atomic E-state index is 0.0149. The molecule has 0 spiro atoms. The first kappa shape index (κ1) is 30.5. The Balaban J connectivity index is 1.17. The smallest absolute Gasteiger partial charge is 0.255 e. The highest BCUT2D eigenvalue weighted by Crippen LogP contribution is 2.40. The molecule has 0 bridgehead atoms. The minimum atomic E-state index is -0.873. The highest BCUT2D eigenvalue weighted by Gasteiger charge is 2.37. The summed E-state index contributed by atoms with van der Waals surface area (Å²) < 4.78 is 13.1. The number of amides is 1. The van der Waals surface area contributed by atoms with Gasteiger partial charge in [-0.2, -0.15) is 0 Å². The van der Waals surface area contributed by atoms with E-state index in [4.69, 9.17) is 21.1 Å². The van der Waals surface area contributed by atoms with E-state index < -0.39 is 11.9 Å². The number of hydrogen-bond donors (Lipinski definition) is 3. The SMILES string of the molecule is O=C(Nc1cccc(C2OC(CN3CCC(O)(c4ccc(Cl)cc4)CC3)CC(c3ccc(CO)cc3)O2)c1)c1ccccc1. The predicted molar refractivity (Wildman–Crippen MR) is 170 cm³/mol. The molecule has 3 N–H and O–H groups in total. The third kappa shape index (κ3) is 7.21. The van der Waals surface area contributed by atoms with E-state index in [-0.39, 0.29) is 24.7 Å². The van der Waals surface area contributed by atoms with Crippen LogP contribution in [0.3, 0.4) is 0 Å². The Bertz CT molecular complexity index is 1540. The van der Waals surface area contributed by atoms with Gasteiger partial charge in [0.25, 0.3) is 5.91 Å². The van der Waals surface area contributed by atoms with Crippen LogP contribution >= 0.6 is 11.6 Å². The topological polar surface area (TPSA) is 91.3 Å². The molecule has 4 aromatic carbocycles. The molecular weight excluding hydrogens is 576 g/mol. The van der Waals surface area contributed by atoms with Crippen LogP contribution in [-0.4, -0.2) is 46.8 Å². The van der Waals surface area contributed by atoms with Gasteiger partial charge in [0.1, 0.15) is 0 Å². The first-order chi connectivity index (χ1) is 21.4. The third-order valence-electron chi connectivity index (χ3n) is 8.59. The molecule has 228 valence electrons. The Morgan fingerprint density at radius 1 is 0.886 bits per heavy atom. The second kappa shape index (κ2) is 13.6. The van der Waals surface area contributed by atoms with Gasteiger partial charge in [-0.25, -0.2) is 0 Å². The monoisotopic (exact) mass is 612 g/mol. The molecule has 0 aliphatic carbocycles. The zero-order valence-corrected chi connectivity index (χ0v) is 25.2. The number of ether oxygens (including phenoxy) is 2. The van der Waals surface area contributed by atoms with Crippen molar-refractivity contribution in [1.29, 1.82) is 0 Å². The summed E-state index contributed by atoms with van der Waals surface area (Å²) in [5.74, 6) is -0.184. The van der Waals surface area contributed by atoms with E-state index >= 15 is 0 Å². The molecule has 2 aliphatic heterocycles. The van der Waals surface area contributed by atoms with Crippen LogP contribution in [-0.2, 0) is 21.7 Å². The number of aliphatic hydroxyl groups is 2. The van der Waals surface area contributed by atoms with Gasteiger partial charge in [-0.1, -0.05) is 78.3 Å². The zero-order valence-electron chi connectivity index (χ0n) is 24.4. The second-order valence-electron chi connectivity index (χ2n) is 11.6. The zero-order chi connectivity index (χ0) is 30.5. The second-order valence-corrected chi connectivity index (χ2v) is 12.1. The van der Waals surface area contributed by atoms with Crippen molar-refractivity contribution in [2.24, 2.45) is 0 Å². The Morgan fingerprint density at radius 2 is 1.61 bits per heavy atom. The highest BCUT2D eigenvalue weighted by atomic mass is 35.5. The van der Waals surface area contributed by atoms with Crippen molar-refractivity contribution >= 4 is 23.2 Å². The van der Waals surface area contributed by atoms with Crippen LogP contribution in [0.15, 0.2) is 103 Å². The molecule has 3 unspecified atom stereocenters. The van der Waals surface area contributed by atoms with Gasteiger partial charge in [-0.15, -0.1) is 0 Å². The average Bonchev–Trinajstić information content (AvgIpc) is 3.06. The minimum Gasteiger partial charge on any atom is -0.392 e. The maximum absolute atomic E-state index is 12.8. The van der Waals surface area contributed by atoms with Crippen molar-refractivity contribution in [2.75, 3.05) is 25.0 Å². The lowest BCUT2D eigenvalue weighted by atomic mass is 9.84. The van der Waals surface area contributed by atoms with E-state index in [1.807, 2.05) is 91.0 Å². The number of anilines is 1. The summed E-state index contributed by atoms with van der Waals surface area (Å²) in [5.41, 5.74) is 3.94. The van der Waals surface area contributed by atoms with Crippen LogP contribution in [0.5, 0.6) is 0 Å². The Kier molecular flexibility index (Phi) is 9.42. The molecule has 6 rings (SSSR count). The number of nitrogens with zero attached hydrogens (tertiary/aromatic N) is 1. The summed E-state index contributed by atoms with van der Waals surface area (Å²) in [6.45, 7) is 2.16. The molecule has 2 aliphatic rings. The number of carbonyl (C=O) groups is 1. The normalized spacial score (nSPS) is 21.9. The number of likely N-dealkylation sites (tertiary alicyclic amines) is 1. The molecular formula is C36H37ClN2O5. The number of carbonyl (C=O) groups excluding carboxylic acids is 1. The molecule has 2 heterocycles. The molecule has 7 nitrogen and oxygen atoms in total. The number of piperidine rings is 1. The van der Waals surface area contributed by atoms with E-state index in [0.29, 0.717) is 42.1 Å². The fourth-order valence-corrected chi connectivity index (χ4v) is 6.16. The van der Waals surface area contributed by atoms with Crippen molar-refractivity contribution in [3.8, 4) is 0 Å². The lowest BCUT2D eigenvalue weighted by molar-refractivity contribution is -0.253. The van der Waals surface area contributed by atoms with Crippen molar-refractivity contribution in [1.82, 2.24) is 4.90 Å². The van der Waals surface area contributed by atoms with Gasteiger partial charge in [-0.3, -0.25) is 4.79 Å². The molecule has 44 heavy (non-hydrogen) atoms. The average molecular weight is 613 g/mol. The Hall–Kier alpha value is -3.56. The van der Waals surface area contributed by atoms with Gasteiger partial charge in [0.05, 0.1) is 24.4 Å². The van der Waals surface area contributed by atoms with Crippen LogP contribution in [0.25, 0.3) is 0 Å². The van der Waals surface area contributed by atoms with E-state index in [1.165, 1.54) is 0 Å². The van der Waals surface area contributed by atoms with Crippen molar-refractivity contribution < 1.29 is 24.5 Å². The summed E-state index contributed by atoms with van der Waals surface area (Å²) in [6.07, 6.45) is 0.927. The summed E-state index contributed by atoms with van der Waals surface area (Å²) in [6, 6.07) is 32.0. The summed E-state index contributed by atoms with van der Waals surface area (Å²) in [7, 11) is 0. The van der Waals surface area contributed by atoms with Crippen molar-refractivity contribution in [2.45, 2.75) is 50.0 Å². The van der Waals surface area contributed by atoms with E-state index in [1.54, 1.807) is 12.1 Å². The summed E-state index contributed by atoms with van der Waals surface area (Å²) in [5, 5.41) is 24.5. The van der Waals surface area contributed by atoms with Crippen LogP contribution in [0.1, 0.15) is 64.3 Å². The van der Waals surface area contributed by atoms with Crippen LogP contribution < -0.4 is 5.32 Å². The number of aliphatic hydroxyl groups excluding tert-OH is 1. The molecule has 8 heteroatoms. The quantitative estimate of drug-likeness (QED) is 0.207. The molecule has 0 aromatic heterocycles. The first-order valence-electron chi connectivity index (χ1n) is 15.1. The lowest BCUT2D eigenvalue weighted by Gasteiger charge is -2.42. The third-order valence-corrected chi connectivity index (χ3v) is 8.85. The molecule has 2 fully saturated rings. The summed E-state index contributed by atoms with van der Waals surface area (Å²) >= 11 is 6.07. The van der Waals surface area contributed by atoms with E-state index in [2.05, 4.69) is 10.2 Å². The standard InChI is InChI=1S/C36H37ClN2O5/c37-30-15-13-29(14-16-30)36(42)17-19-39(20-18-36)23-32-22-33(26-11-9-25(24-40)10-12-26)44-35(43-32)28-7-4-8-31(21-28)38-34(41)27-5-2-1-3-6-27/h1-16,21,32-33,35,40,42H,17-20,22-24H2,(H,38,41). The van der Waals surface area contributed by atoms with Crippen LogP contribution in [0.4, 0.5) is 5.69 Å². The molecule has 4 aromatic rings. The van der Waals surface area contributed by atoms with E-state index in [0.717, 1.165) is 35.3 Å². The fourth-order valence-electron chi connectivity index (χ4n) is 6.03. The number of rotatable bonds is 8. The number of halogens is 1. The maximum atomic E-state index is 12.8. The predicted octanol–water partition coefficient (Wildman–Crippen LogP) is 6.61. The van der Waals surface area contributed by atoms with Gasteiger partial charge in [-0.05, 0) is 65.9 Å². The van der Waals surface area contributed by atoms with Crippen LogP contribution in [0, 0.1) is 0 Å². The highest BCUT2D eigenvalue weighted by molar-refractivity contribution is 6.30. The van der Waals surface area contributed by atoms with Gasteiger partial charge in [0, 0.05) is 47.9 Å². The molecule has 0 saturated carbocycles. The van der Waals surface area contributed by atoms with Crippen molar-refractivity contribution in [3.63, 3.8) is 0 Å². The summed E-state index contributed by atoms with van der Waals surface area (Å²) in [4.78, 5) is 15.1. The number of nitrogens with one attached hydrogen (secondary N) is 1. The molecule has 2 saturated heterocycles. The van der Waals surface area contributed by atoms with Gasteiger partial charge < -0.3 is 29.9 Å². The van der Waals surface area contributed by atoms with Gasteiger partial charge in [0.15, 0.2) is 6.29 Å². The van der Waals surface area contributed by atoms with Crippen molar-refractivity contribution in [3.05, 3.63) is 136 Å². The number of benzene rings is 4. The largest absolute Gasteiger partial charge is 0.392 e. The molecule has 1 amide bonds. The Morgan fingerprint density at radius 3 is 2.32 bits per heavy atom. The van der Waals surface area contributed by atoms with E-state index in [9.17, 15) is 15.0 Å². The number of hydrogen-bond acceptors (Lipinski definition) is 6. The van der Waals surface area contributed by atoms with Gasteiger partial charge in [0.2, 0.25) is 0 Å². The fraction of sp³-hybridized carbons (Fsp3) is 0.306. The lowest BCUT2D eigenvalue weighted by Crippen LogP contribution is -2.46. The molecule has 0 radical (unpaired) electrons. The Labute approximate surface area is 263 Å². The first-order valence-corrected chi connectivity index (χ1v) is 15.4. The van der Waals surface area contributed by atoms with Crippen LogP contribution in [0.2, 0.25) is 5.02 Å².